The van der Waals surface area contributed by atoms with Crippen molar-refractivity contribution < 1.29 is 9.84 Å². The largest absolute Gasteiger partial charge is 0.388 e. The van der Waals surface area contributed by atoms with E-state index in [0.717, 1.165) is 25.3 Å². The molecule has 1 unspecified atom stereocenters. The lowest BCUT2D eigenvalue weighted by molar-refractivity contribution is -0.0627. The molecule has 112 valence electrons. The van der Waals surface area contributed by atoms with Crippen molar-refractivity contribution in [1.29, 1.82) is 0 Å². The van der Waals surface area contributed by atoms with Gasteiger partial charge in [0, 0.05) is 38.6 Å². The predicted octanol–water partition coefficient (Wildman–Crippen LogP) is 2.87. The Hall–Kier alpha value is -0.120. The number of hydrogen-bond donors (Lipinski definition) is 2. The van der Waals surface area contributed by atoms with Crippen LogP contribution in [0.5, 0.6) is 0 Å². The van der Waals surface area contributed by atoms with E-state index in [1.165, 1.54) is 44.9 Å². The van der Waals surface area contributed by atoms with Crippen molar-refractivity contribution in [1.82, 2.24) is 5.32 Å². The van der Waals surface area contributed by atoms with E-state index in [4.69, 9.17) is 4.74 Å². The van der Waals surface area contributed by atoms with Crippen LogP contribution in [0.25, 0.3) is 0 Å². The first-order valence-corrected chi connectivity index (χ1v) is 8.21. The normalized spacial score (nSPS) is 26.2. The average Bonchev–Trinajstić information content (AvgIpc) is 2.45. The van der Waals surface area contributed by atoms with Crippen LogP contribution in [0, 0.1) is 5.92 Å². The number of hydrogen-bond acceptors (Lipinski definition) is 3. The van der Waals surface area contributed by atoms with E-state index < -0.39 is 5.60 Å². The minimum absolute atomic E-state index is 0.522. The van der Waals surface area contributed by atoms with Crippen LogP contribution in [0.2, 0.25) is 0 Å². The quantitative estimate of drug-likeness (QED) is 0.779. The molecular formula is C16H31NO2. The van der Waals surface area contributed by atoms with E-state index in [1.807, 2.05) is 0 Å². The maximum Gasteiger partial charge on any atom is 0.0815 e. The summed E-state index contributed by atoms with van der Waals surface area (Å²) < 4.78 is 5.31. The Balaban J connectivity index is 1.59. The highest BCUT2D eigenvalue weighted by molar-refractivity contribution is 4.84. The van der Waals surface area contributed by atoms with Gasteiger partial charge in [0.05, 0.1) is 5.60 Å². The van der Waals surface area contributed by atoms with Gasteiger partial charge in [0.15, 0.2) is 0 Å². The van der Waals surface area contributed by atoms with Crippen LogP contribution in [0.4, 0.5) is 0 Å². The summed E-state index contributed by atoms with van der Waals surface area (Å²) in [5.74, 6) is 0.962. The molecule has 0 aromatic heterocycles. The molecule has 2 fully saturated rings. The summed E-state index contributed by atoms with van der Waals surface area (Å²) in [7, 11) is 0. The first-order valence-electron chi connectivity index (χ1n) is 8.21. The highest BCUT2D eigenvalue weighted by atomic mass is 16.5. The lowest BCUT2D eigenvalue weighted by Gasteiger charge is -2.33. The van der Waals surface area contributed by atoms with Crippen molar-refractivity contribution in [2.45, 2.75) is 76.4 Å². The van der Waals surface area contributed by atoms with Crippen LogP contribution in [-0.2, 0) is 4.74 Å². The number of aliphatic hydroxyl groups is 1. The van der Waals surface area contributed by atoms with Gasteiger partial charge in [-0.2, -0.15) is 0 Å². The molecule has 0 bridgehead atoms. The molecule has 2 N–H and O–H groups in total. The summed E-state index contributed by atoms with van der Waals surface area (Å²) >= 11 is 0. The molecule has 1 aliphatic carbocycles. The van der Waals surface area contributed by atoms with E-state index >= 15 is 0 Å². The zero-order valence-electron chi connectivity index (χ0n) is 12.5. The molecule has 0 aromatic rings. The molecule has 1 atom stereocenters. The third-order valence-corrected chi connectivity index (χ3v) is 4.94. The average molecular weight is 269 g/mol. The zero-order valence-corrected chi connectivity index (χ0v) is 12.5. The molecule has 0 radical (unpaired) electrons. The van der Waals surface area contributed by atoms with E-state index in [9.17, 15) is 5.11 Å². The standard InChI is InChI=1S/C16H31NO2/c1-14(7-8-15-5-3-2-4-6-15)17-13-16(18)9-11-19-12-10-16/h14-15,17-18H,2-13H2,1H3. The number of nitrogens with one attached hydrogen (secondary N) is 1. The van der Waals surface area contributed by atoms with Crippen LogP contribution in [0.3, 0.4) is 0 Å². The van der Waals surface area contributed by atoms with Gasteiger partial charge in [-0.1, -0.05) is 32.1 Å². The van der Waals surface area contributed by atoms with Crippen LogP contribution < -0.4 is 5.32 Å². The Morgan fingerprint density at radius 3 is 2.58 bits per heavy atom. The molecular weight excluding hydrogens is 238 g/mol. The molecule has 1 aliphatic heterocycles. The summed E-state index contributed by atoms with van der Waals surface area (Å²) in [6.07, 6.45) is 11.3. The number of rotatable bonds is 6. The number of ether oxygens (including phenoxy) is 1. The Kier molecular flexibility index (Phi) is 6.11. The lowest BCUT2D eigenvalue weighted by Crippen LogP contribution is -2.47. The summed E-state index contributed by atoms with van der Waals surface area (Å²) in [4.78, 5) is 0. The second kappa shape index (κ2) is 7.61. The fourth-order valence-electron chi connectivity index (χ4n) is 3.36. The third kappa shape index (κ3) is 5.41. The first kappa shape index (κ1) is 15.3. The SMILES string of the molecule is CC(CCC1CCCCC1)NCC1(O)CCOCC1. The Bertz CT molecular complexity index is 245. The monoisotopic (exact) mass is 269 g/mol. The molecule has 3 nitrogen and oxygen atoms in total. The minimum Gasteiger partial charge on any atom is -0.388 e. The third-order valence-electron chi connectivity index (χ3n) is 4.94. The molecule has 0 amide bonds. The van der Waals surface area contributed by atoms with Crippen molar-refractivity contribution in [3.63, 3.8) is 0 Å². The first-order chi connectivity index (χ1) is 9.18. The van der Waals surface area contributed by atoms with Gasteiger partial charge < -0.3 is 15.2 Å². The van der Waals surface area contributed by atoms with Gasteiger partial charge in [-0.3, -0.25) is 0 Å². The molecule has 19 heavy (non-hydrogen) atoms. The van der Waals surface area contributed by atoms with Gasteiger partial charge in [0.2, 0.25) is 0 Å². The van der Waals surface area contributed by atoms with Crippen molar-refractivity contribution >= 4 is 0 Å². The molecule has 1 saturated carbocycles. The van der Waals surface area contributed by atoms with Crippen LogP contribution >= 0.6 is 0 Å². The van der Waals surface area contributed by atoms with Gasteiger partial charge in [0.1, 0.15) is 0 Å². The molecule has 1 saturated heterocycles. The smallest absolute Gasteiger partial charge is 0.0815 e. The van der Waals surface area contributed by atoms with Gasteiger partial charge in [-0.25, -0.2) is 0 Å². The Labute approximate surface area is 118 Å². The molecule has 3 heteroatoms. The predicted molar refractivity (Wildman–Crippen MR) is 78.3 cm³/mol. The van der Waals surface area contributed by atoms with Crippen molar-refractivity contribution in [2.24, 2.45) is 5.92 Å². The topological polar surface area (TPSA) is 41.5 Å². The van der Waals surface area contributed by atoms with Gasteiger partial charge >= 0.3 is 0 Å². The second-order valence-electron chi connectivity index (χ2n) is 6.70. The Morgan fingerprint density at radius 2 is 1.89 bits per heavy atom. The Morgan fingerprint density at radius 1 is 1.21 bits per heavy atom. The lowest BCUT2D eigenvalue weighted by atomic mass is 9.85. The van der Waals surface area contributed by atoms with Crippen LogP contribution in [0.1, 0.15) is 64.7 Å². The van der Waals surface area contributed by atoms with E-state index in [1.54, 1.807) is 0 Å². The van der Waals surface area contributed by atoms with Crippen LogP contribution in [-0.4, -0.2) is 36.5 Å². The second-order valence-corrected chi connectivity index (χ2v) is 6.70. The molecule has 0 aromatic carbocycles. The fraction of sp³-hybridized carbons (Fsp3) is 1.00. The molecule has 2 rings (SSSR count). The maximum absolute atomic E-state index is 10.4. The minimum atomic E-state index is -0.530. The zero-order chi connectivity index (χ0) is 13.6. The van der Waals surface area contributed by atoms with Gasteiger partial charge in [-0.05, 0) is 25.7 Å². The summed E-state index contributed by atoms with van der Waals surface area (Å²) in [6, 6.07) is 0.522. The summed E-state index contributed by atoms with van der Waals surface area (Å²) in [5.41, 5.74) is -0.530. The molecule has 1 heterocycles. The van der Waals surface area contributed by atoms with E-state index in [0.29, 0.717) is 19.3 Å². The van der Waals surface area contributed by atoms with E-state index in [2.05, 4.69) is 12.2 Å². The highest BCUT2D eigenvalue weighted by Crippen LogP contribution is 2.27. The van der Waals surface area contributed by atoms with E-state index in [-0.39, 0.29) is 0 Å². The van der Waals surface area contributed by atoms with Gasteiger partial charge in [0.25, 0.3) is 0 Å². The summed E-state index contributed by atoms with van der Waals surface area (Å²) in [6.45, 7) is 4.39. The van der Waals surface area contributed by atoms with Crippen LogP contribution in [0.15, 0.2) is 0 Å². The molecule has 2 aliphatic rings. The van der Waals surface area contributed by atoms with Crippen molar-refractivity contribution in [3.8, 4) is 0 Å². The maximum atomic E-state index is 10.4. The van der Waals surface area contributed by atoms with Crippen molar-refractivity contribution in [2.75, 3.05) is 19.8 Å². The van der Waals surface area contributed by atoms with Gasteiger partial charge in [-0.15, -0.1) is 0 Å². The highest BCUT2D eigenvalue weighted by Gasteiger charge is 2.29. The van der Waals surface area contributed by atoms with Crippen molar-refractivity contribution in [3.05, 3.63) is 0 Å². The molecule has 0 spiro atoms. The fourth-order valence-corrected chi connectivity index (χ4v) is 3.36. The summed E-state index contributed by atoms with van der Waals surface area (Å²) in [5, 5.41) is 13.9.